The van der Waals surface area contributed by atoms with Gasteiger partial charge in [-0.3, -0.25) is 14.4 Å². The molecule has 1 fully saturated rings. The molecule has 2 aromatic rings. The van der Waals surface area contributed by atoms with Gasteiger partial charge in [0.25, 0.3) is 5.91 Å². The Labute approximate surface area is 198 Å². The van der Waals surface area contributed by atoms with Crippen molar-refractivity contribution in [3.63, 3.8) is 0 Å². The van der Waals surface area contributed by atoms with Gasteiger partial charge >= 0.3 is 11.9 Å². The summed E-state index contributed by atoms with van der Waals surface area (Å²) in [5.41, 5.74) is 1.41. The van der Waals surface area contributed by atoms with E-state index in [0.29, 0.717) is 29.3 Å². The number of amides is 2. The molecule has 0 aliphatic carbocycles. The normalized spacial score (nSPS) is 15.2. The van der Waals surface area contributed by atoms with Crippen molar-refractivity contribution in [3.8, 4) is 5.75 Å². The van der Waals surface area contributed by atoms with Crippen LogP contribution in [0.1, 0.15) is 37.6 Å². The van der Waals surface area contributed by atoms with Crippen LogP contribution in [0.15, 0.2) is 48.5 Å². The first-order valence-electron chi connectivity index (χ1n) is 11.1. The molecule has 0 aromatic heterocycles. The quantitative estimate of drug-likeness (QED) is 0.563. The molecule has 180 valence electrons. The summed E-state index contributed by atoms with van der Waals surface area (Å²) in [5, 5.41) is 2.65. The molecule has 9 heteroatoms. The maximum Gasteiger partial charge on any atom is 0.338 e. The van der Waals surface area contributed by atoms with Gasteiger partial charge in [0.2, 0.25) is 5.91 Å². The number of para-hydroxylation sites is 2. The SMILES string of the molecule is CCOc1ccccc1NC(=O)COC(=O)[C@@H]1CC(=O)N(c2ccc(C(=O)OC(C)C)cc2)C1. The number of anilines is 2. The van der Waals surface area contributed by atoms with Gasteiger partial charge in [-0.05, 0) is 57.2 Å². The lowest BCUT2D eigenvalue weighted by molar-refractivity contribution is -0.151. The Morgan fingerprint density at radius 2 is 1.79 bits per heavy atom. The first-order chi connectivity index (χ1) is 16.3. The van der Waals surface area contributed by atoms with Gasteiger partial charge in [-0.15, -0.1) is 0 Å². The Hall–Kier alpha value is -3.88. The first-order valence-corrected chi connectivity index (χ1v) is 11.1. The number of esters is 2. The Balaban J connectivity index is 1.53. The number of ether oxygens (including phenoxy) is 3. The molecule has 1 atom stereocenters. The third-order valence-corrected chi connectivity index (χ3v) is 5.02. The lowest BCUT2D eigenvalue weighted by Crippen LogP contribution is -2.28. The first kappa shape index (κ1) is 24.8. The molecule has 2 amide bonds. The van der Waals surface area contributed by atoms with Crippen molar-refractivity contribution >= 4 is 35.1 Å². The average Bonchev–Trinajstić information content (AvgIpc) is 3.20. The Bertz CT molecular complexity index is 1050. The van der Waals surface area contributed by atoms with Gasteiger partial charge in [0.05, 0.1) is 29.9 Å². The molecule has 0 saturated carbocycles. The molecular weight excluding hydrogens is 440 g/mol. The van der Waals surface area contributed by atoms with Gasteiger partial charge < -0.3 is 24.4 Å². The van der Waals surface area contributed by atoms with Crippen LogP contribution < -0.4 is 15.0 Å². The van der Waals surface area contributed by atoms with Crippen LogP contribution in [0.5, 0.6) is 5.75 Å². The van der Waals surface area contributed by atoms with Crippen LogP contribution in [0, 0.1) is 5.92 Å². The van der Waals surface area contributed by atoms with Gasteiger partial charge in [-0.25, -0.2) is 4.79 Å². The Morgan fingerprint density at radius 3 is 2.47 bits per heavy atom. The summed E-state index contributed by atoms with van der Waals surface area (Å²) in [6.45, 7) is 5.45. The highest BCUT2D eigenvalue weighted by atomic mass is 16.5. The number of hydrogen-bond acceptors (Lipinski definition) is 7. The number of hydrogen-bond donors (Lipinski definition) is 1. The van der Waals surface area contributed by atoms with Crippen molar-refractivity contribution in [1.29, 1.82) is 0 Å². The lowest BCUT2D eigenvalue weighted by Gasteiger charge is -2.17. The Kier molecular flexibility index (Phi) is 8.24. The minimum atomic E-state index is -0.693. The van der Waals surface area contributed by atoms with E-state index in [-0.39, 0.29) is 25.0 Å². The van der Waals surface area contributed by atoms with Gasteiger partial charge in [-0.2, -0.15) is 0 Å². The third kappa shape index (κ3) is 6.34. The zero-order chi connectivity index (χ0) is 24.7. The van der Waals surface area contributed by atoms with Crippen molar-refractivity contribution in [2.24, 2.45) is 5.92 Å². The van der Waals surface area contributed by atoms with Crippen LogP contribution in [0.4, 0.5) is 11.4 Å². The molecule has 0 unspecified atom stereocenters. The number of nitrogens with zero attached hydrogens (tertiary/aromatic N) is 1. The summed E-state index contributed by atoms with van der Waals surface area (Å²) < 4.78 is 15.8. The second kappa shape index (κ2) is 11.3. The molecule has 9 nitrogen and oxygen atoms in total. The molecule has 1 N–H and O–H groups in total. The van der Waals surface area contributed by atoms with E-state index >= 15 is 0 Å². The van der Waals surface area contributed by atoms with Crippen LogP contribution >= 0.6 is 0 Å². The number of carbonyl (C=O) groups is 4. The van der Waals surface area contributed by atoms with E-state index in [1.54, 1.807) is 62.4 Å². The summed E-state index contributed by atoms with van der Waals surface area (Å²) in [5.74, 6) is -1.99. The zero-order valence-electron chi connectivity index (χ0n) is 19.4. The molecule has 0 radical (unpaired) electrons. The molecule has 1 aliphatic rings. The van der Waals surface area contributed by atoms with Crippen molar-refractivity contribution in [2.45, 2.75) is 33.3 Å². The molecule has 34 heavy (non-hydrogen) atoms. The summed E-state index contributed by atoms with van der Waals surface area (Å²) in [6.07, 6.45) is -0.259. The number of carbonyl (C=O) groups excluding carboxylic acids is 4. The highest BCUT2D eigenvalue weighted by Crippen LogP contribution is 2.27. The number of benzene rings is 2. The molecule has 1 saturated heterocycles. The molecule has 1 heterocycles. The zero-order valence-corrected chi connectivity index (χ0v) is 19.4. The van der Waals surface area contributed by atoms with Crippen LogP contribution in [0.2, 0.25) is 0 Å². The topological polar surface area (TPSA) is 111 Å². The van der Waals surface area contributed by atoms with E-state index in [9.17, 15) is 19.2 Å². The van der Waals surface area contributed by atoms with E-state index in [1.165, 1.54) is 4.90 Å². The monoisotopic (exact) mass is 468 g/mol. The molecular formula is C25H28N2O7. The van der Waals surface area contributed by atoms with Crippen LogP contribution in [-0.4, -0.2) is 49.6 Å². The van der Waals surface area contributed by atoms with Crippen LogP contribution in [0.25, 0.3) is 0 Å². The van der Waals surface area contributed by atoms with Crippen molar-refractivity contribution in [2.75, 3.05) is 30.0 Å². The smallest absolute Gasteiger partial charge is 0.338 e. The highest BCUT2D eigenvalue weighted by Gasteiger charge is 2.36. The molecule has 0 spiro atoms. The minimum absolute atomic E-state index is 0.0230. The van der Waals surface area contributed by atoms with Gasteiger partial charge in [0, 0.05) is 18.7 Å². The summed E-state index contributed by atoms with van der Waals surface area (Å²) in [4.78, 5) is 50.6. The predicted molar refractivity (Wildman–Crippen MR) is 125 cm³/mol. The summed E-state index contributed by atoms with van der Waals surface area (Å²) in [6, 6.07) is 13.4. The van der Waals surface area contributed by atoms with Gasteiger partial charge in [0.15, 0.2) is 6.61 Å². The van der Waals surface area contributed by atoms with Crippen LogP contribution in [0.3, 0.4) is 0 Å². The summed E-state index contributed by atoms with van der Waals surface area (Å²) in [7, 11) is 0. The van der Waals surface area contributed by atoms with Gasteiger partial charge in [0.1, 0.15) is 5.75 Å². The molecule has 3 rings (SSSR count). The average molecular weight is 469 g/mol. The van der Waals surface area contributed by atoms with E-state index in [0.717, 1.165) is 0 Å². The number of rotatable bonds is 9. The van der Waals surface area contributed by atoms with E-state index in [1.807, 2.05) is 6.92 Å². The maximum atomic E-state index is 12.5. The Morgan fingerprint density at radius 1 is 1.09 bits per heavy atom. The maximum absolute atomic E-state index is 12.5. The largest absolute Gasteiger partial charge is 0.492 e. The van der Waals surface area contributed by atoms with E-state index in [4.69, 9.17) is 14.2 Å². The molecule has 0 bridgehead atoms. The van der Waals surface area contributed by atoms with E-state index < -0.39 is 30.4 Å². The lowest BCUT2D eigenvalue weighted by atomic mass is 10.1. The van der Waals surface area contributed by atoms with Crippen molar-refractivity contribution in [3.05, 3.63) is 54.1 Å². The fourth-order valence-corrected chi connectivity index (χ4v) is 3.47. The van der Waals surface area contributed by atoms with E-state index in [2.05, 4.69) is 5.32 Å². The van der Waals surface area contributed by atoms with Crippen LogP contribution in [-0.2, 0) is 23.9 Å². The summed E-state index contributed by atoms with van der Waals surface area (Å²) >= 11 is 0. The fourth-order valence-electron chi connectivity index (χ4n) is 3.47. The molecule has 1 aliphatic heterocycles. The fraction of sp³-hybridized carbons (Fsp3) is 0.360. The number of nitrogens with one attached hydrogen (secondary N) is 1. The van der Waals surface area contributed by atoms with Gasteiger partial charge in [-0.1, -0.05) is 12.1 Å². The second-order valence-corrected chi connectivity index (χ2v) is 7.99. The predicted octanol–water partition coefficient (Wildman–Crippen LogP) is 3.19. The highest BCUT2D eigenvalue weighted by molar-refractivity contribution is 6.00. The standard InChI is InChI=1S/C25H28N2O7/c1-4-32-21-8-6-5-7-20(21)26-22(28)15-33-24(30)18-13-23(29)27(14-18)19-11-9-17(10-12-19)25(31)34-16(2)3/h5-12,16,18H,4,13-15H2,1-3H3,(H,26,28)/t18-/m1/s1. The van der Waals surface area contributed by atoms with Crippen molar-refractivity contribution in [1.82, 2.24) is 0 Å². The minimum Gasteiger partial charge on any atom is -0.492 e. The second-order valence-electron chi connectivity index (χ2n) is 7.99. The third-order valence-electron chi connectivity index (χ3n) is 5.02. The van der Waals surface area contributed by atoms with Crippen molar-refractivity contribution < 1.29 is 33.4 Å². The molecule has 2 aromatic carbocycles.